The van der Waals surface area contributed by atoms with Gasteiger partial charge in [0.15, 0.2) is 0 Å². The summed E-state index contributed by atoms with van der Waals surface area (Å²) in [5.41, 5.74) is 8.45. The van der Waals surface area contributed by atoms with Crippen molar-refractivity contribution in [1.29, 1.82) is 0 Å². The molecule has 0 aliphatic heterocycles. The second kappa shape index (κ2) is 5.59. The van der Waals surface area contributed by atoms with E-state index in [1.54, 1.807) is 6.20 Å². The van der Waals surface area contributed by atoms with Crippen molar-refractivity contribution in [2.24, 2.45) is 5.73 Å². The van der Waals surface area contributed by atoms with Crippen molar-refractivity contribution in [3.8, 4) is 0 Å². The maximum Gasteiger partial charge on any atom is 0.0757 e. The van der Waals surface area contributed by atoms with Gasteiger partial charge in [0.1, 0.15) is 0 Å². The molecule has 0 saturated heterocycles. The van der Waals surface area contributed by atoms with Crippen LogP contribution >= 0.6 is 0 Å². The quantitative estimate of drug-likeness (QED) is 0.854. The highest BCUT2D eigenvalue weighted by Gasteiger charge is 2.12. The van der Waals surface area contributed by atoms with Crippen LogP contribution in [-0.4, -0.2) is 15.0 Å². The second-order valence-electron chi connectivity index (χ2n) is 4.18. The molecule has 1 atom stereocenters. The first-order valence-electron chi connectivity index (χ1n) is 5.99. The lowest BCUT2D eigenvalue weighted by Crippen LogP contribution is -2.18. The summed E-state index contributed by atoms with van der Waals surface area (Å²) in [6, 6.07) is 10.2. The van der Waals surface area contributed by atoms with Crippen LogP contribution < -0.4 is 5.73 Å². The molecule has 1 aromatic carbocycles. The summed E-state index contributed by atoms with van der Waals surface area (Å²) >= 11 is 0. The van der Waals surface area contributed by atoms with E-state index in [1.807, 2.05) is 22.9 Å². The maximum absolute atomic E-state index is 6.20. The number of rotatable bonds is 5. The van der Waals surface area contributed by atoms with Crippen LogP contribution in [0.5, 0.6) is 0 Å². The van der Waals surface area contributed by atoms with Gasteiger partial charge in [0, 0.05) is 6.54 Å². The van der Waals surface area contributed by atoms with Crippen LogP contribution in [0, 0.1) is 0 Å². The standard InChI is InChI=1S/C13H18N4/c1-2-8-17-13(10-15-16-17)12(14)9-11-6-4-3-5-7-11/h3-7,10,12H,2,8-9,14H2,1H3. The van der Waals surface area contributed by atoms with E-state index < -0.39 is 0 Å². The van der Waals surface area contributed by atoms with Crippen LogP contribution in [0.1, 0.15) is 30.6 Å². The molecule has 2 rings (SSSR count). The summed E-state index contributed by atoms with van der Waals surface area (Å²) in [6.45, 7) is 2.99. The van der Waals surface area contributed by atoms with E-state index in [4.69, 9.17) is 5.73 Å². The fourth-order valence-electron chi connectivity index (χ4n) is 1.91. The molecule has 0 fully saturated rings. The SMILES string of the molecule is CCCn1nncc1C(N)Cc1ccccc1. The molecule has 4 nitrogen and oxygen atoms in total. The number of benzene rings is 1. The van der Waals surface area contributed by atoms with E-state index in [0.29, 0.717) is 0 Å². The van der Waals surface area contributed by atoms with Gasteiger partial charge in [-0.15, -0.1) is 5.10 Å². The number of aromatic nitrogens is 3. The predicted octanol–water partition coefficient (Wildman–Crippen LogP) is 1.93. The molecule has 0 bridgehead atoms. The lowest BCUT2D eigenvalue weighted by Gasteiger charge is -2.12. The minimum Gasteiger partial charge on any atom is -0.322 e. The smallest absolute Gasteiger partial charge is 0.0757 e. The third-order valence-electron chi connectivity index (χ3n) is 2.76. The summed E-state index contributed by atoms with van der Waals surface area (Å²) in [7, 11) is 0. The molecule has 0 spiro atoms. The van der Waals surface area contributed by atoms with Crippen LogP contribution in [0.15, 0.2) is 36.5 Å². The van der Waals surface area contributed by atoms with Crippen LogP contribution in [0.3, 0.4) is 0 Å². The summed E-state index contributed by atoms with van der Waals surface area (Å²) in [4.78, 5) is 0. The molecule has 2 N–H and O–H groups in total. The van der Waals surface area contributed by atoms with Crippen molar-refractivity contribution >= 4 is 0 Å². The first-order valence-corrected chi connectivity index (χ1v) is 5.99. The summed E-state index contributed by atoms with van der Waals surface area (Å²) < 4.78 is 1.90. The first kappa shape index (κ1) is 11.8. The van der Waals surface area contributed by atoms with E-state index >= 15 is 0 Å². The summed E-state index contributed by atoms with van der Waals surface area (Å²) in [5.74, 6) is 0. The molecule has 2 aromatic rings. The zero-order valence-electron chi connectivity index (χ0n) is 10.1. The molecule has 4 heteroatoms. The van der Waals surface area contributed by atoms with Crippen molar-refractivity contribution < 1.29 is 0 Å². The minimum absolute atomic E-state index is 0.0426. The number of nitrogens with two attached hydrogens (primary N) is 1. The van der Waals surface area contributed by atoms with E-state index in [1.165, 1.54) is 5.56 Å². The van der Waals surface area contributed by atoms with Gasteiger partial charge in [-0.05, 0) is 18.4 Å². The second-order valence-corrected chi connectivity index (χ2v) is 4.18. The molecule has 0 radical (unpaired) electrons. The van der Waals surface area contributed by atoms with Crippen LogP contribution in [0.25, 0.3) is 0 Å². The van der Waals surface area contributed by atoms with Crippen LogP contribution in [-0.2, 0) is 13.0 Å². The molecule has 0 aliphatic carbocycles. The normalized spacial score (nSPS) is 12.6. The van der Waals surface area contributed by atoms with Gasteiger partial charge >= 0.3 is 0 Å². The molecule has 0 aliphatic rings. The fraction of sp³-hybridized carbons (Fsp3) is 0.385. The Morgan fingerprint density at radius 3 is 2.76 bits per heavy atom. The highest BCUT2D eigenvalue weighted by molar-refractivity contribution is 5.18. The molecular weight excluding hydrogens is 212 g/mol. The monoisotopic (exact) mass is 230 g/mol. The largest absolute Gasteiger partial charge is 0.322 e. The Labute approximate surface area is 101 Å². The molecule has 0 saturated carbocycles. The zero-order chi connectivity index (χ0) is 12.1. The minimum atomic E-state index is -0.0426. The number of hydrogen-bond acceptors (Lipinski definition) is 3. The molecule has 17 heavy (non-hydrogen) atoms. The van der Waals surface area contributed by atoms with Gasteiger partial charge in [0.05, 0.1) is 17.9 Å². The van der Waals surface area contributed by atoms with E-state index in [0.717, 1.165) is 25.1 Å². The maximum atomic E-state index is 6.20. The predicted molar refractivity (Wildman–Crippen MR) is 67.4 cm³/mol. The Bertz CT molecular complexity index is 449. The van der Waals surface area contributed by atoms with Gasteiger partial charge in [-0.25, -0.2) is 4.68 Å². The molecular formula is C13H18N4. The third kappa shape index (κ3) is 2.91. The van der Waals surface area contributed by atoms with Gasteiger partial charge in [-0.1, -0.05) is 42.5 Å². The topological polar surface area (TPSA) is 56.7 Å². The lowest BCUT2D eigenvalue weighted by atomic mass is 10.0. The van der Waals surface area contributed by atoms with Crippen LogP contribution in [0.4, 0.5) is 0 Å². The molecule has 1 unspecified atom stereocenters. The summed E-state index contributed by atoms with van der Waals surface area (Å²) in [5, 5.41) is 7.99. The highest BCUT2D eigenvalue weighted by atomic mass is 15.4. The first-order chi connectivity index (χ1) is 8.31. The number of aryl methyl sites for hydroxylation is 1. The fourth-order valence-corrected chi connectivity index (χ4v) is 1.91. The molecule has 90 valence electrons. The van der Waals surface area contributed by atoms with E-state index in [-0.39, 0.29) is 6.04 Å². The Kier molecular flexibility index (Phi) is 3.88. The van der Waals surface area contributed by atoms with Gasteiger partial charge in [-0.3, -0.25) is 0 Å². The zero-order valence-corrected chi connectivity index (χ0v) is 10.1. The van der Waals surface area contributed by atoms with Crippen molar-refractivity contribution in [3.05, 3.63) is 47.8 Å². The average Bonchev–Trinajstić information content (AvgIpc) is 2.79. The summed E-state index contributed by atoms with van der Waals surface area (Å²) in [6.07, 6.45) is 3.62. The van der Waals surface area contributed by atoms with Crippen molar-refractivity contribution in [2.45, 2.75) is 32.4 Å². The van der Waals surface area contributed by atoms with Crippen molar-refractivity contribution in [3.63, 3.8) is 0 Å². The Morgan fingerprint density at radius 2 is 2.06 bits per heavy atom. The van der Waals surface area contributed by atoms with Gasteiger partial charge in [0.2, 0.25) is 0 Å². The van der Waals surface area contributed by atoms with Crippen molar-refractivity contribution in [2.75, 3.05) is 0 Å². The van der Waals surface area contributed by atoms with E-state index in [9.17, 15) is 0 Å². The van der Waals surface area contributed by atoms with Gasteiger partial charge in [0.25, 0.3) is 0 Å². The highest BCUT2D eigenvalue weighted by Crippen LogP contribution is 2.14. The van der Waals surface area contributed by atoms with E-state index in [2.05, 4.69) is 29.4 Å². The van der Waals surface area contributed by atoms with Gasteiger partial charge in [-0.2, -0.15) is 0 Å². The molecule has 1 heterocycles. The Balaban J connectivity index is 2.09. The average molecular weight is 230 g/mol. The Morgan fingerprint density at radius 1 is 1.29 bits per heavy atom. The van der Waals surface area contributed by atoms with Crippen LogP contribution in [0.2, 0.25) is 0 Å². The molecule has 1 aromatic heterocycles. The lowest BCUT2D eigenvalue weighted by molar-refractivity contribution is 0.525. The Hall–Kier alpha value is -1.68. The van der Waals surface area contributed by atoms with Crippen molar-refractivity contribution in [1.82, 2.24) is 15.0 Å². The number of hydrogen-bond donors (Lipinski definition) is 1. The third-order valence-corrected chi connectivity index (χ3v) is 2.76. The molecule has 0 amide bonds. The van der Waals surface area contributed by atoms with Gasteiger partial charge < -0.3 is 5.73 Å². The number of nitrogens with zero attached hydrogens (tertiary/aromatic N) is 3.